The summed E-state index contributed by atoms with van der Waals surface area (Å²) < 4.78 is 0. The molecule has 0 bridgehead atoms. The SMILES string of the molecule is CC(c1cccc(Cl)c1)N(C)c1ncc(CO)s1. The Balaban J connectivity index is 2.20. The van der Waals surface area contributed by atoms with Crippen molar-refractivity contribution >= 4 is 28.1 Å². The average Bonchev–Trinajstić information content (AvgIpc) is 2.85. The van der Waals surface area contributed by atoms with Gasteiger partial charge in [-0.15, -0.1) is 0 Å². The molecule has 3 nitrogen and oxygen atoms in total. The summed E-state index contributed by atoms with van der Waals surface area (Å²) in [6.45, 7) is 2.14. The number of benzene rings is 1. The highest BCUT2D eigenvalue weighted by atomic mass is 35.5. The van der Waals surface area contributed by atoms with Gasteiger partial charge < -0.3 is 10.0 Å². The summed E-state index contributed by atoms with van der Waals surface area (Å²) in [5, 5.41) is 10.7. The van der Waals surface area contributed by atoms with E-state index in [1.54, 1.807) is 6.20 Å². The van der Waals surface area contributed by atoms with Gasteiger partial charge >= 0.3 is 0 Å². The molecule has 0 fully saturated rings. The highest BCUT2D eigenvalue weighted by molar-refractivity contribution is 7.15. The first kappa shape index (κ1) is 13.3. The van der Waals surface area contributed by atoms with Crippen molar-refractivity contribution in [2.75, 3.05) is 11.9 Å². The molecule has 0 aliphatic heterocycles. The fourth-order valence-electron chi connectivity index (χ4n) is 1.69. The van der Waals surface area contributed by atoms with Crippen molar-refractivity contribution in [1.82, 2.24) is 4.98 Å². The van der Waals surface area contributed by atoms with Crippen LogP contribution >= 0.6 is 22.9 Å². The average molecular weight is 283 g/mol. The van der Waals surface area contributed by atoms with Gasteiger partial charge in [0.2, 0.25) is 0 Å². The Morgan fingerprint density at radius 2 is 2.28 bits per heavy atom. The Morgan fingerprint density at radius 3 is 2.89 bits per heavy atom. The number of aliphatic hydroxyl groups excluding tert-OH is 1. The van der Waals surface area contributed by atoms with Crippen LogP contribution < -0.4 is 4.90 Å². The molecule has 0 saturated carbocycles. The van der Waals surface area contributed by atoms with Gasteiger partial charge in [-0.3, -0.25) is 0 Å². The molecule has 96 valence electrons. The van der Waals surface area contributed by atoms with Crippen LogP contribution in [0.15, 0.2) is 30.5 Å². The van der Waals surface area contributed by atoms with E-state index in [4.69, 9.17) is 16.7 Å². The molecule has 0 aliphatic rings. The van der Waals surface area contributed by atoms with Gasteiger partial charge in [-0.05, 0) is 24.6 Å². The van der Waals surface area contributed by atoms with Crippen molar-refractivity contribution in [2.24, 2.45) is 0 Å². The van der Waals surface area contributed by atoms with Gasteiger partial charge in [0.25, 0.3) is 0 Å². The Hall–Kier alpha value is -1.10. The standard InChI is InChI=1S/C13H15ClN2OS/c1-9(10-4-3-5-11(14)6-10)16(2)13-15-7-12(8-17)18-13/h3-7,9,17H,8H2,1-2H3. The maximum absolute atomic E-state index is 9.06. The summed E-state index contributed by atoms with van der Waals surface area (Å²) >= 11 is 7.50. The molecule has 0 amide bonds. The molecule has 2 aromatic rings. The van der Waals surface area contributed by atoms with E-state index in [1.807, 2.05) is 31.3 Å². The third-order valence-electron chi connectivity index (χ3n) is 2.91. The highest BCUT2D eigenvalue weighted by Crippen LogP contribution is 2.29. The predicted octanol–water partition coefficient (Wildman–Crippen LogP) is 3.49. The van der Waals surface area contributed by atoms with Crippen LogP contribution in [0.2, 0.25) is 5.02 Å². The van der Waals surface area contributed by atoms with Crippen LogP contribution in [0.4, 0.5) is 5.13 Å². The molecule has 5 heteroatoms. The molecular weight excluding hydrogens is 268 g/mol. The number of nitrogens with zero attached hydrogens (tertiary/aromatic N) is 2. The van der Waals surface area contributed by atoms with Crippen LogP contribution in [-0.4, -0.2) is 17.1 Å². The molecule has 18 heavy (non-hydrogen) atoms. The first-order chi connectivity index (χ1) is 8.61. The van der Waals surface area contributed by atoms with E-state index in [0.29, 0.717) is 0 Å². The van der Waals surface area contributed by atoms with Gasteiger partial charge in [0.05, 0.1) is 17.5 Å². The minimum atomic E-state index is 0.0387. The third kappa shape index (κ3) is 2.83. The second-order valence-electron chi connectivity index (χ2n) is 4.11. The minimum Gasteiger partial charge on any atom is -0.391 e. The number of thiazole rings is 1. The fraction of sp³-hybridized carbons (Fsp3) is 0.308. The van der Waals surface area contributed by atoms with E-state index in [-0.39, 0.29) is 12.6 Å². The van der Waals surface area contributed by atoms with E-state index < -0.39 is 0 Å². The summed E-state index contributed by atoms with van der Waals surface area (Å²) in [5.74, 6) is 0. The lowest BCUT2D eigenvalue weighted by atomic mass is 10.1. The van der Waals surface area contributed by atoms with Gasteiger partial charge in [0.1, 0.15) is 0 Å². The minimum absolute atomic E-state index is 0.0387. The van der Waals surface area contributed by atoms with E-state index in [9.17, 15) is 0 Å². The van der Waals surface area contributed by atoms with Crippen LogP contribution in [0.5, 0.6) is 0 Å². The maximum Gasteiger partial charge on any atom is 0.185 e. The number of hydrogen-bond donors (Lipinski definition) is 1. The summed E-state index contributed by atoms with van der Waals surface area (Å²) in [4.78, 5) is 7.26. The summed E-state index contributed by atoms with van der Waals surface area (Å²) in [6, 6.07) is 8.01. The second kappa shape index (κ2) is 5.69. The summed E-state index contributed by atoms with van der Waals surface area (Å²) in [5.41, 5.74) is 1.14. The zero-order valence-electron chi connectivity index (χ0n) is 10.3. The molecule has 1 aromatic heterocycles. The van der Waals surface area contributed by atoms with Gasteiger partial charge in [-0.1, -0.05) is 35.1 Å². The van der Waals surface area contributed by atoms with Gasteiger partial charge in [-0.25, -0.2) is 4.98 Å². The van der Waals surface area contributed by atoms with Crippen molar-refractivity contribution in [2.45, 2.75) is 19.6 Å². The second-order valence-corrected chi connectivity index (χ2v) is 5.64. The zero-order valence-corrected chi connectivity index (χ0v) is 11.9. The number of rotatable bonds is 4. The van der Waals surface area contributed by atoms with Crippen molar-refractivity contribution in [3.8, 4) is 0 Å². The van der Waals surface area contributed by atoms with Crippen molar-refractivity contribution < 1.29 is 5.11 Å². The van der Waals surface area contributed by atoms with E-state index in [1.165, 1.54) is 11.3 Å². The number of aromatic nitrogens is 1. The lowest BCUT2D eigenvalue weighted by Crippen LogP contribution is -2.21. The number of anilines is 1. The number of aliphatic hydroxyl groups is 1. The predicted molar refractivity (Wildman–Crippen MR) is 76.3 cm³/mol. The molecule has 0 aliphatic carbocycles. The van der Waals surface area contributed by atoms with Gasteiger partial charge in [0.15, 0.2) is 5.13 Å². The first-order valence-electron chi connectivity index (χ1n) is 5.65. The first-order valence-corrected chi connectivity index (χ1v) is 6.85. The van der Waals surface area contributed by atoms with E-state index in [0.717, 1.165) is 20.6 Å². The molecule has 2 rings (SSSR count). The monoisotopic (exact) mass is 282 g/mol. The van der Waals surface area contributed by atoms with Crippen LogP contribution in [0, 0.1) is 0 Å². The molecule has 0 radical (unpaired) electrons. The number of halogens is 1. The fourth-order valence-corrected chi connectivity index (χ4v) is 2.70. The lowest BCUT2D eigenvalue weighted by Gasteiger charge is -2.24. The largest absolute Gasteiger partial charge is 0.391 e. The quantitative estimate of drug-likeness (QED) is 0.933. The van der Waals surface area contributed by atoms with Crippen LogP contribution in [0.1, 0.15) is 23.4 Å². The van der Waals surface area contributed by atoms with Crippen molar-refractivity contribution in [3.05, 3.63) is 45.9 Å². The molecule has 1 atom stereocenters. The number of hydrogen-bond acceptors (Lipinski definition) is 4. The molecule has 1 heterocycles. The van der Waals surface area contributed by atoms with E-state index >= 15 is 0 Å². The van der Waals surface area contributed by atoms with Crippen molar-refractivity contribution in [1.29, 1.82) is 0 Å². The topological polar surface area (TPSA) is 36.4 Å². The maximum atomic E-state index is 9.06. The highest BCUT2D eigenvalue weighted by Gasteiger charge is 2.15. The molecular formula is C13H15ClN2OS. The summed E-state index contributed by atoms with van der Waals surface area (Å²) in [6.07, 6.45) is 1.71. The molecule has 1 N–H and O–H groups in total. The molecule has 1 aromatic carbocycles. The third-order valence-corrected chi connectivity index (χ3v) is 4.22. The van der Waals surface area contributed by atoms with Crippen LogP contribution in [-0.2, 0) is 6.61 Å². The molecule has 0 spiro atoms. The zero-order chi connectivity index (χ0) is 13.1. The summed E-state index contributed by atoms with van der Waals surface area (Å²) in [7, 11) is 1.99. The Morgan fingerprint density at radius 1 is 1.50 bits per heavy atom. The normalized spacial score (nSPS) is 12.4. The lowest BCUT2D eigenvalue weighted by molar-refractivity contribution is 0.285. The van der Waals surface area contributed by atoms with Crippen LogP contribution in [0.3, 0.4) is 0 Å². The van der Waals surface area contributed by atoms with Gasteiger partial charge in [0, 0.05) is 18.3 Å². The Labute approximate surface area is 116 Å². The van der Waals surface area contributed by atoms with Crippen LogP contribution in [0.25, 0.3) is 0 Å². The van der Waals surface area contributed by atoms with Gasteiger partial charge in [-0.2, -0.15) is 0 Å². The van der Waals surface area contributed by atoms with Crippen molar-refractivity contribution in [3.63, 3.8) is 0 Å². The molecule has 0 saturated heterocycles. The van der Waals surface area contributed by atoms with E-state index in [2.05, 4.69) is 16.8 Å². The molecule has 1 unspecified atom stereocenters. The Bertz CT molecular complexity index is 529. The Kier molecular flexibility index (Phi) is 4.22. The smallest absolute Gasteiger partial charge is 0.185 e.